The molecule has 0 bridgehead atoms. The molecule has 7 rings (SSSR count). The number of nitrogens with zero attached hydrogens (tertiary/aromatic N) is 10. The number of aliphatic hydroxyl groups is 6. The summed E-state index contributed by atoms with van der Waals surface area (Å²) < 4.78 is 23.1. The Morgan fingerprint density at radius 3 is 1.73 bits per heavy atom. The highest BCUT2D eigenvalue weighted by molar-refractivity contribution is 7.45. The van der Waals surface area contributed by atoms with Crippen molar-refractivity contribution in [2.24, 2.45) is 10.2 Å². The number of fused-ring (bicyclic) bond motifs is 2. The minimum atomic E-state index is -4.64. The van der Waals surface area contributed by atoms with Crippen molar-refractivity contribution >= 4 is 41.8 Å². The highest BCUT2D eigenvalue weighted by atomic mass is 31.2. The van der Waals surface area contributed by atoms with Gasteiger partial charge in [-0.1, -0.05) is 29.8 Å². The number of anilines is 2. The average Bonchev–Trinajstić information content (AvgIpc) is 3.85. The van der Waals surface area contributed by atoms with Crippen LogP contribution in [0.5, 0.6) is 0 Å². The van der Waals surface area contributed by atoms with E-state index in [1.165, 1.54) is 6.33 Å². The molecule has 0 aliphatic carbocycles. The predicted molar refractivity (Wildman–Crippen MR) is 173 cm³/mol. The van der Waals surface area contributed by atoms with Gasteiger partial charge in [-0.2, -0.15) is 0 Å². The molecular formula is C27H33N12O12P. The van der Waals surface area contributed by atoms with Crippen molar-refractivity contribution in [1.82, 2.24) is 39.0 Å². The molecule has 2 aliphatic rings. The quantitative estimate of drug-likeness (QED) is 0.0576. The molecule has 1 aromatic carbocycles. The van der Waals surface area contributed by atoms with Crippen molar-refractivity contribution in [2.75, 3.05) is 24.7 Å². The van der Waals surface area contributed by atoms with E-state index < -0.39 is 69.4 Å². The van der Waals surface area contributed by atoms with Crippen molar-refractivity contribution < 1.29 is 59.4 Å². The van der Waals surface area contributed by atoms with Crippen LogP contribution in [0.1, 0.15) is 5.56 Å². The lowest BCUT2D eigenvalue weighted by Crippen LogP contribution is -2.47. The number of rotatable bonds is 7. The minimum Gasteiger partial charge on any atom is -0.394 e. The van der Waals surface area contributed by atoms with Gasteiger partial charge in [0.15, 0.2) is 41.0 Å². The molecule has 278 valence electrons. The molecular weight excluding hydrogens is 715 g/mol. The van der Waals surface area contributed by atoms with Gasteiger partial charge in [0, 0.05) is 5.56 Å². The molecule has 2 fully saturated rings. The van der Waals surface area contributed by atoms with E-state index in [9.17, 15) is 30.6 Å². The van der Waals surface area contributed by atoms with Crippen LogP contribution in [0.4, 0.5) is 11.6 Å². The molecule has 24 nitrogen and oxygen atoms in total. The molecule has 0 spiro atoms. The van der Waals surface area contributed by atoms with E-state index in [1.54, 1.807) is 12.1 Å². The van der Waals surface area contributed by atoms with Gasteiger partial charge in [0.1, 0.15) is 54.4 Å². The number of aliphatic hydroxyl groups excluding tert-OH is 6. The van der Waals surface area contributed by atoms with E-state index in [-0.39, 0.29) is 39.8 Å². The number of phosphoric acid groups is 1. The van der Waals surface area contributed by atoms with Gasteiger partial charge in [0.2, 0.25) is 0 Å². The number of benzene rings is 1. The lowest BCUT2D eigenvalue weighted by molar-refractivity contribution is -0.171. The number of azo groups is 1. The zero-order valence-corrected chi connectivity index (χ0v) is 27.6. The summed E-state index contributed by atoms with van der Waals surface area (Å²) in [5, 5.41) is 73.3. The van der Waals surface area contributed by atoms with E-state index in [0.717, 1.165) is 27.4 Å². The summed E-state index contributed by atoms with van der Waals surface area (Å²) in [6, 6.07) is 7.29. The number of aromatic nitrogens is 8. The maximum absolute atomic E-state index is 11.5. The third-order valence-electron chi connectivity index (χ3n) is 8.31. The first-order valence-corrected chi connectivity index (χ1v) is 16.6. The Balaban J connectivity index is 0.000000870. The van der Waals surface area contributed by atoms with E-state index in [2.05, 4.69) is 40.1 Å². The predicted octanol–water partition coefficient (Wildman–Crippen LogP) is -3.22. The van der Waals surface area contributed by atoms with Crippen LogP contribution in [-0.2, 0) is 25.7 Å². The topological polar surface area (TPSA) is 382 Å². The first kappa shape index (κ1) is 37.1. The van der Waals surface area contributed by atoms with Crippen molar-refractivity contribution in [3.63, 3.8) is 0 Å². The number of ether oxygens (including phenoxy) is 2. The summed E-state index contributed by atoms with van der Waals surface area (Å²) in [7, 11) is -4.64. The van der Waals surface area contributed by atoms with Gasteiger partial charge in [-0.05, 0) is 6.92 Å². The lowest BCUT2D eigenvalue weighted by Gasteiger charge is -2.32. The van der Waals surface area contributed by atoms with Crippen LogP contribution in [0.25, 0.3) is 33.7 Å². The van der Waals surface area contributed by atoms with Crippen LogP contribution in [0, 0.1) is 6.92 Å². The van der Waals surface area contributed by atoms with Gasteiger partial charge < -0.3 is 66.3 Å². The number of aryl methyl sites for hydroxylation is 1. The fourth-order valence-corrected chi connectivity index (χ4v) is 5.75. The summed E-state index contributed by atoms with van der Waals surface area (Å²) in [6.45, 7) is 0.437. The van der Waals surface area contributed by atoms with Gasteiger partial charge in [-0.25, -0.2) is 34.5 Å². The SMILES string of the molecule is Cc1ccc(-c2nc(N)c3ncn([C@]4(N=N[C@@]5(n6cnc7c(N)ncnc76)O[C@H](CO)[C@@H](O)[C@H]5O)O[C@H](CO)[C@@H](O)[C@H]4O)c3n2)cc1.O=P(O)(O)O. The zero-order valence-electron chi connectivity index (χ0n) is 26.7. The van der Waals surface area contributed by atoms with Gasteiger partial charge in [0.05, 0.1) is 13.2 Å². The molecule has 2 saturated heterocycles. The van der Waals surface area contributed by atoms with Crippen LogP contribution < -0.4 is 11.5 Å². The Hall–Kier alpha value is -4.69. The number of nitrogen functional groups attached to an aromatic ring is 2. The summed E-state index contributed by atoms with van der Waals surface area (Å²) in [5.74, 6) is -4.68. The average molecular weight is 749 g/mol. The van der Waals surface area contributed by atoms with E-state index in [1.807, 2.05) is 19.1 Å². The first-order chi connectivity index (χ1) is 24.5. The van der Waals surface area contributed by atoms with Gasteiger partial charge in [-0.3, -0.25) is 9.13 Å². The van der Waals surface area contributed by atoms with Gasteiger partial charge in [0.25, 0.3) is 11.7 Å². The lowest BCUT2D eigenvalue weighted by atomic mass is 10.1. The smallest absolute Gasteiger partial charge is 0.394 e. The zero-order chi connectivity index (χ0) is 37.7. The molecule has 0 saturated carbocycles. The highest BCUT2D eigenvalue weighted by Gasteiger charge is 2.61. The molecule has 13 N–H and O–H groups in total. The van der Waals surface area contributed by atoms with Crippen molar-refractivity contribution in [2.45, 2.75) is 55.2 Å². The highest BCUT2D eigenvalue weighted by Crippen LogP contribution is 2.44. The van der Waals surface area contributed by atoms with E-state index >= 15 is 0 Å². The van der Waals surface area contributed by atoms with Crippen molar-refractivity contribution in [3.05, 3.63) is 48.8 Å². The van der Waals surface area contributed by atoms with Crippen LogP contribution in [0.3, 0.4) is 0 Å². The summed E-state index contributed by atoms with van der Waals surface area (Å²) in [5.41, 5.74) is 14.0. The summed E-state index contributed by atoms with van der Waals surface area (Å²) in [6.07, 6.45) is -6.58. The number of hydrogen-bond acceptors (Lipinski definition) is 19. The van der Waals surface area contributed by atoms with E-state index in [4.69, 9.17) is 40.2 Å². The summed E-state index contributed by atoms with van der Waals surface area (Å²) in [4.78, 5) is 47.1. The maximum atomic E-state index is 11.5. The Morgan fingerprint density at radius 1 is 0.769 bits per heavy atom. The molecule has 0 amide bonds. The monoisotopic (exact) mass is 748 g/mol. The molecule has 4 aromatic heterocycles. The fourth-order valence-electron chi connectivity index (χ4n) is 5.75. The van der Waals surface area contributed by atoms with Crippen LogP contribution in [0.15, 0.2) is 53.5 Å². The number of imidazole rings is 2. The third kappa shape index (κ3) is 6.36. The Kier molecular flexibility index (Phi) is 9.77. The van der Waals surface area contributed by atoms with Gasteiger partial charge in [-0.15, -0.1) is 10.2 Å². The minimum absolute atomic E-state index is 0.000619. The van der Waals surface area contributed by atoms with E-state index in [0.29, 0.717) is 5.56 Å². The largest absolute Gasteiger partial charge is 0.466 e. The Morgan fingerprint density at radius 2 is 1.25 bits per heavy atom. The molecule has 8 atom stereocenters. The molecule has 2 aliphatic heterocycles. The van der Waals surface area contributed by atoms with Crippen LogP contribution in [-0.4, -0.2) is 134 Å². The van der Waals surface area contributed by atoms with Crippen LogP contribution >= 0.6 is 7.82 Å². The molecule has 0 unspecified atom stereocenters. The molecule has 5 aromatic rings. The normalized spacial score (nSPS) is 29.3. The van der Waals surface area contributed by atoms with Crippen molar-refractivity contribution in [1.29, 1.82) is 0 Å². The second-order valence-electron chi connectivity index (χ2n) is 11.7. The molecule has 52 heavy (non-hydrogen) atoms. The fraction of sp³-hybridized carbons (Fsp3) is 0.407. The number of nitrogens with two attached hydrogens (primary N) is 2. The number of hydrogen-bond donors (Lipinski definition) is 11. The standard InChI is InChI=1S/C27H30N12O8.H3O4P/c1-11-2-4-12(5-3-11)23-34-22(29)16-25(35-23)39(10-33-16)27(20(45)18(43)14(7-41)47-27)37-36-26(19(44)17(42)13(6-40)46-26)38-9-32-15-21(28)30-8-31-24(15)38;1-5(2,3)4/h2-5,8-10,13-14,17-20,40-45H,6-7H2,1H3,(H2,28,30,31)(H2,29,34,35);(H3,1,2,3,4)/t13-,14-,17-,18-,19-,20-,26+,27+;/m1./s1. The third-order valence-corrected chi connectivity index (χ3v) is 8.31. The van der Waals surface area contributed by atoms with Gasteiger partial charge >= 0.3 is 7.82 Å². The maximum Gasteiger partial charge on any atom is 0.466 e. The first-order valence-electron chi connectivity index (χ1n) is 15.1. The second kappa shape index (κ2) is 13.7. The van der Waals surface area contributed by atoms with Crippen LogP contribution in [0.2, 0.25) is 0 Å². The molecule has 6 heterocycles. The summed E-state index contributed by atoms with van der Waals surface area (Å²) >= 11 is 0. The molecule has 25 heteroatoms. The van der Waals surface area contributed by atoms with Crippen molar-refractivity contribution in [3.8, 4) is 11.4 Å². The Labute approximate surface area is 290 Å². The Bertz CT molecular complexity index is 2160. The molecule has 0 radical (unpaired) electrons. The second-order valence-corrected chi connectivity index (χ2v) is 12.7.